The van der Waals surface area contributed by atoms with Crippen LogP contribution in [0.25, 0.3) is 22.4 Å². The Hall–Kier alpha value is -4.71. The minimum absolute atomic E-state index is 0.0151. The van der Waals surface area contributed by atoms with E-state index < -0.39 is 0 Å². The van der Waals surface area contributed by atoms with Gasteiger partial charge in [0.2, 0.25) is 5.91 Å². The van der Waals surface area contributed by atoms with Crippen LogP contribution in [0.4, 0.5) is 11.4 Å². The van der Waals surface area contributed by atoms with Gasteiger partial charge >= 0.3 is 0 Å². The number of hydrogen-bond donors (Lipinski definition) is 3. The van der Waals surface area contributed by atoms with Gasteiger partial charge in [-0.2, -0.15) is 0 Å². The topological polar surface area (TPSA) is 86.9 Å². The number of imidazole rings is 1. The number of fused-ring (bicyclic) bond motifs is 1. The Balaban J connectivity index is 1.13. The fourth-order valence-corrected chi connectivity index (χ4v) is 4.52. The molecule has 6 heteroatoms. The van der Waals surface area contributed by atoms with E-state index in [1.807, 2.05) is 78.9 Å². The molecule has 1 heterocycles. The van der Waals surface area contributed by atoms with Crippen LogP contribution in [0.1, 0.15) is 28.3 Å². The standard InChI is InChI=1S/C30H24N4O2/c35-29(21-9-5-2-6-10-21)31-22-13-11-20(12-14-22)28-33-26-16-15-23(17-27(26)34-28)32-30(36)25-18-24(25)19-7-3-1-4-8-19/h1-17,24-25H,18H2,(H,31,35)(H,32,36)(H,33,34). The van der Waals surface area contributed by atoms with Crippen molar-refractivity contribution in [2.45, 2.75) is 12.3 Å². The van der Waals surface area contributed by atoms with Crippen LogP contribution in [-0.4, -0.2) is 21.8 Å². The molecule has 6 rings (SSSR count). The van der Waals surface area contributed by atoms with Gasteiger partial charge in [0, 0.05) is 28.4 Å². The molecule has 2 atom stereocenters. The number of rotatable bonds is 6. The second-order valence-corrected chi connectivity index (χ2v) is 9.06. The molecule has 2 amide bonds. The van der Waals surface area contributed by atoms with Gasteiger partial charge in [-0.1, -0.05) is 48.5 Å². The second-order valence-electron chi connectivity index (χ2n) is 9.06. The Kier molecular flexibility index (Phi) is 5.54. The number of nitrogens with one attached hydrogen (secondary N) is 3. The molecule has 0 aliphatic heterocycles. The number of hydrogen-bond acceptors (Lipinski definition) is 3. The van der Waals surface area contributed by atoms with Crippen molar-refractivity contribution in [3.05, 3.63) is 114 Å². The summed E-state index contributed by atoms with van der Waals surface area (Å²) in [5.41, 5.74) is 5.86. The van der Waals surface area contributed by atoms with Crippen molar-refractivity contribution in [3.63, 3.8) is 0 Å². The van der Waals surface area contributed by atoms with Gasteiger partial charge in [-0.3, -0.25) is 9.59 Å². The number of aromatic nitrogens is 2. The van der Waals surface area contributed by atoms with Gasteiger partial charge in [0.1, 0.15) is 5.82 Å². The normalized spacial score (nSPS) is 16.4. The fourth-order valence-electron chi connectivity index (χ4n) is 4.52. The lowest BCUT2D eigenvalue weighted by Crippen LogP contribution is -2.14. The Labute approximate surface area is 208 Å². The molecule has 4 aromatic carbocycles. The van der Waals surface area contributed by atoms with E-state index in [0.29, 0.717) is 17.2 Å². The molecule has 1 aliphatic carbocycles. The number of nitrogens with zero attached hydrogens (tertiary/aromatic N) is 1. The summed E-state index contributed by atoms with van der Waals surface area (Å²) in [4.78, 5) is 33.2. The minimum atomic E-state index is -0.150. The van der Waals surface area contributed by atoms with E-state index in [4.69, 9.17) is 0 Å². The van der Waals surface area contributed by atoms with Crippen LogP contribution in [0.5, 0.6) is 0 Å². The van der Waals surface area contributed by atoms with Crippen molar-refractivity contribution < 1.29 is 9.59 Å². The molecular formula is C30H24N4O2. The maximum atomic E-state index is 12.8. The average molecular weight is 473 g/mol. The van der Waals surface area contributed by atoms with Gasteiger partial charge in [-0.25, -0.2) is 4.98 Å². The molecular weight excluding hydrogens is 448 g/mol. The number of benzene rings is 4. The van der Waals surface area contributed by atoms with Crippen molar-refractivity contribution in [2.75, 3.05) is 10.6 Å². The number of amides is 2. The van der Waals surface area contributed by atoms with Crippen molar-refractivity contribution in [1.29, 1.82) is 0 Å². The predicted molar refractivity (Wildman–Crippen MR) is 142 cm³/mol. The third-order valence-corrected chi connectivity index (χ3v) is 6.56. The lowest BCUT2D eigenvalue weighted by molar-refractivity contribution is -0.117. The quantitative estimate of drug-likeness (QED) is 0.274. The van der Waals surface area contributed by atoms with E-state index in [0.717, 1.165) is 34.5 Å². The van der Waals surface area contributed by atoms with E-state index in [1.54, 1.807) is 12.1 Å². The van der Waals surface area contributed by atoms with Crippen LogP contribution in [0.15, 0.2) is 103 Å². The van der Waals surface area contributed by atoms with E-state index in [9.17, 15) is 9.59 Å². The van der Waals surface area contributed by atoms with E-state index in [2.05, 4.69) is 32.7 Å². The molecule has 176 valence electrons. The van der Waals surface area contributed by atoms with Crippen LogP contribution in [0.2, 0.25) is 0 Å². The number of aromatic amines is 1. The highest BCUT2D eigenvalue weighted by molar-refractivity contribution is 6.04. The molecule has 0 spiro atoms. The molecule has 5 aromatic rings. The Bertz CT molecular complexity index is 1540. The summed E-state index contributed by atoms with van der Waals surface area (Å²) in [5, 5.41) is 5.96. The zero-order valence-electron chi connectivity index (χ0n) is 19.4. The van der Waals surface area contributed by atoms with E-state index >= 15 is 0 Å². The molecule has 0 radical (unpaired) electrons. The summed E-state index contributed by atoms with van der Waals surface area (Å²) in [6, 6.07) is 32.5. The van der Waals surface area contributed by atoms with Gasteiger partial charge in [0.25, 0.3) is 5.91 Å². The second kappa shape index (κ2) is 9.15. The molecule has 1 aliphatic rings. The summed E-state index contributed by atoms with van der Waals surface area (Å²) >= 11 is 0. The average Bonchev–Trinajstić information content (AvgIpc) is 3.62. The molecule has 1 fully saturated rings. The number of carbonyl (C=O) groups is 2. The van der Waals surface area contributed by atoms with Crippen LogP contribution in [0, 0.1) is 5.92 Å². The van der Waals surface area contributed by atoms with Gasteiger partial charge in [0.05, 0.1) is 11.0 Å². The maximum Gasteiger partial charge on any atom is 0.255 e. The highest BCUT2D eigenvalue weighted by atomic mass is 16.2. The van der Waals surface area contributed by atoms with Crippen molar-refractivity contribution in [1.82, 2.24) is 9.97 Å². The van der Waals surface area contributed by atoms with Crippen LogP contribution < -0.4 is 10.6 Å². The van der Waals surface area contributed by atoms with E-state index in [1.165, 1.54) is 5.56 Å². The van der Waals surface area contributed by atoms with Gasteiger partial charge in [-0.15, -0.1) is 0 Å². The highest BCUT2D eigenvalue weighted by Crippen LogP contribution is 2.47. The molecule has 0 saturated heterocycles. The van der Waals surface area contributed by atoms with Gasteiger partial charge in [-0.05, 0) is 72.5 Å². The third kappa shape index (κ3) is 4.49. The lowest BCUT2D eigenvalue weighted by Gasteiger charge is -2.06. The molecule has 1 aromatic heterocycles. The number of H-pyrrole nitrogens is 1. The molecule has 1 saturated carbocycles. The largest absolute Gasteiger partial charge is 0.338 e. The highest BCUT2D eigenvalue weighted by Gasteiger charge is 2.43. The van der Waals surface area contributed by atoms with Gasteiger partial charge in [0.15, 0.2) is 0 Å². The summed E-state index contributed by atoms with van der Waals surface area (Å²) in [6.45, 7) is 0. The summed E-state index contributed by atoms with van der Waals surface area (Å²) < 4.78 is 0. The third-order valence-electron chi connectivity index (χ3n) is 6.56. The predicted octanol–water partition coefficient (Wildman–Crippen LogP) is 6.22. The van der Waals surface area contributed by atoms with Crippen LogP contribution in [0.3, 0.4) is 0 Å². The zero-order chi connectivity index (χ0) is 24.5. The number of anilines is 2. The van der Waals surface area contributed by atoms with Crippen LogP contribution in [-0.2, 0) is 4.79 Å². The molecule has 3 N–H and O–H groups in total. The molecule has 2 unspecified atom stereocenters. The first-order valence-corrected chi connectivity index (χ1v) is 12.0. The first-order chi connectivity index (χ1) is 17.6. The maximum absolute atomic E-state index is 12.8. The monoisotopic (exact) mass is 472 g/mol. The Morgan fingerprint density at radius 1 is 0.778 bits per heavy atom. The van der Waals surface area contributed by atoms with Crippen molar-refractivity contribution in [2.24, 2.45) is 5.92 Å². The first-order valence-electron chi connectivity index (χ1n) is 12.0. The summed E-state index contributed by atoms with van der Waals surface area (Å²) in [6.07, 6.45) is 0.883. The summed E-state index contributed by atoms with van der Waals surface area (Å²) in [7, 11) is 0. The molecule has 6 nitrogen and oxygen atoms in total. The van der Waals surface area contributed by atoms with Crippen LogP contribution >= 0.6 is 0 Å². The summed E-state index contributed by atoms with van der Waals surface area (Å²) in [5.74, 6) is 0.940. The SMILES string of the molecule is O=C(Nc1ccc(-c2nc3ccc(NC(=O)C4CC4c4ccccc4)cc3[nH]2)cc1)c1ccccc1. The van der Waals surface area contributed by atoms with Crippen molar-refractivity contribution in [3.8, 4) is 11.4 Å². The first kappa shape index (κ1) is 21.8. The molecule has 36 heavy (non-hydrogen) atoms. The fraction of sp³-hybridized carbons (Fsp3) is 0.100. The lowest BCUT2D eigenvalue weighted by atomic mass is 10.1. The van der Waals surface area contributed by atoms with E-state index in [-0.39, 0.29) is 17.7 Å². The Morgan fingerprint density at radius 3 is 2.22 bits per heavy atom. The van der Waals surface area contributed by atoms with Gasteiger partial charge < -0.3 is 15.6 Å². The molecule has 0 bridgehead atoms. The minimum Gasteiger partial charge on any atom is -0.338 e. The Morgan fingerprint density at radius 2 is 1.47 bits per heavy atom. The zero-order valence-corrected chi connectivity index (χ0v) is 19.4. The number of carbonyl (C=O) groups excluding carboxylic acids is 2. The smallest absolute Gasteiger partial charge is 0.255 e. The van der Waals surface area contributed by atoms with Crippen molar-refractivity contribution >= 4 is 34.2 Å².